The molecule has 1 aromatic rings. The summed E-state index contributed by atoms with van der Waals surface area (Å²) in [6.07, 6.45) is 13.7. The molecule has 0 aliphatic heterocycles. The molecule has 3 heteroatoms. The zero-order valence-electron chi connectivity index (χ0n) is 16.6. The van der Waals surface area contributed by atoms with Gasteiger partial charge >= 0.3 is 5.97 Å². The van der Waals surface area contributed by atoms with E-state index in [4.69, 9.17) is 0 Å². The quantitative estimate of drug-likeness (QED) is 0.549. The molecule has 0 saturated heterocycles. The second-order valence-electron chi connectivity index (χ2n) is 8.60. The van der Waals surface area contributed by atoms with E-state index in [1.165, 1.54) is 69.8 Å². The summed E-state index contributed by atoms with van der Waals surface area (Å²) in [5.41, 5.74) is 2.60. The van der Waals surface area contributed by atoms with E-state index in [2.05, 4.69) is 13.0 Å². The number of unbranched alkanes of at least 4 members (excludes halogenated alkanes) is 3. The highest BCUT2D eigenvalue weighted by Crippen LogP contribution is 2.51. The average molecular weight is 368 g/mol. The molecule has 1 saturated carbocycles. The molecule has 0 aromatic heterocycles. The number of hydrogen-bond donors (Lipinski definition) is 1. The number of carbonyl (C=O) groups is 1. The van der Waals surface area contributed by atoms with Crippen LogP contribution in [0.2, 0.25) is 0 Å². The Kier molecular flexibility index (Phi) is 6.94. The maximum absolute atomic E-state index is 11.4. The fourth-order valence-corrected chi connectivity index (χ4v) is 5.53. The van der Waals surface area contributed by atoms with E-state index in [1.54, 1.807) is 12.1 Å². The Morgan fingerprint density at radius 1 is 1.15 bits per heavy atom. The highest BCUT2D eigenvalue weighted by Gasteiger charge is 2.39. The Hall–Kier alpha value is -1.82. The lowest BCUT2D eigenvalue weighted by molar-refractivity contribution is 0.0696. The topological polar surface area (TPSA) is 61.1 Å². The third-order valence-electron chi connectivity index (χ3n) is 6.86. The third-order valence-corrected chi connectivity index (χ3v) is 6.86. The minimum Gasteiger partial charge on any atom is -0.478 e. The first-order chi connectivity index (χ1) is 13.2. The highest BCUT2D eigenvalue weighted by molar-refractivity contribution is 5.88. The summed E-state index contributed by atoms with van der Waals surface area (Å²) in [4.78, 5) is 11.4. The first-order valence-electron chi connectivity index (χ1n) is 10.9. The number of carboxylic acid groups (broad SMARTS) is 1. The average Bonchev–Trinajstić information content (AvgIpc) is 2.70. The zero-order valence-corrected chi connectivity index (χ0v) is 16.6. The number of carboxylic acids is 1. The molecule has 1 aromatic carbocycles. The molecule has 1 N–H and O–H groups in total. The summed E-state index contributed by atoms with van der Waals surface area (Å²) >= 11 is 0. The van der Waals surface area contributed by atoms with Crippen molar-refractivity contribution < 1.29 is 9.90 Å². The summed E-state index contributed by atoms with van der Waals surface area (Å²) in [7, 11) is 0. The number of nitrogens with zero attached hydrogens (tertiary/aromatic N) is 1. The van der Waals surface area contributed by atoms with E-state index in [0.29, 0.717) is 23.3 Å². The van der Waals surface area contributed by atoms with Crippen LogP contribution in [0.3, 0.4) is 0 Å². The van der Waals surface area contributed by atoms with Crippen molar-refractivity contribution in [2.24, 2.45) is 11.8 Å². The Morgan fingerprint density at radius 3 is 2.59 bits per heavy atom. The molecule has 0 radical (unpaired) electrons. The molecule has 3 rings (SSSR count). The standard InChI is InChI=1S/C24H33NO2/c1-2-3-4-6-11-18-14-20(16-25)22-15-19(24(26)27)12-13-21(22)23(18)17-9-7-5-8-10-17/h12-13,15,17-18,20,23H,2-11,14H2,1H3,(H,26,27)/t18-,20?,23+/m1/s1. The predicted molar refractivity (Wildman–Crippen MR) is 108 cm³/mol. The molecule has 0 amide bonds. The van der Waals surface area contributed by atoms with E-state index in [1.807, 2.05) is 6.07 Å². The molecule has 1 unspecified atom stereocenters. The molecule has 3 atom stereocenters. The number of rotatable bonds is 7. The molecule has 146 valence electrons. The number of hydrogen-bond acceptors (Lipinski definition) is 2. The van der Waals surface area contributed by atoms with Crippen LogP contribution in [-0.2, 0) is 0 Å². The van der Waals surface area contributed by atoms with Gasteiger partial charge in [-0.3, -0.25) is 0 Å². The van der Waals surface area contributed by atoms with Crippen molar-refractivity contribution in [3.05, 3.63) is 34.9 Å². The fraction of sp³-hybridized carbons (Fsp3) is 0.667. The van der Waals surface area contributed by atoms with Gasteiger partial charge in [-0.05, 0) is 66.7 Å². The SMILES string of the molecule is CCCCCC[C@@H]1CC(C#N)c2cc(C(=O)O)ccc2[C@H]1C1CCCCC1. The number of fused-ring (bicyclic) bond motifs is 1. The largest absolute Gasteiger partial charge is 0.478 e. The monoisotopic (exact) mass is 367 g/mol. The van der Waals surface area contributed by atoms with Crippen LogP contribution in [-0.4, -0.2) is 11.1 Å². The molecule has 0 bridgehead atoms. The van der Waals surface area contributed by atoms with Gasteiger partial charge in [0.2, 0.25) is 0 Å². The van der Waals surface area contributed by atoms with Gasteiger partial charge < -0.3 is 5.11 Å². The van der Waals surface area contributed by atoms with Gasteiger partial charge in [0.1, 0.15) is 0 Å². The van der Waals surface area contributed by atoms with Crippen molar-refractivity contribution in [3.8, 4) is 6.07 Å². The summed E-state index contributed by atoms with van der Waals surface area (Å²) < 4.78 is 0. The molecule has 2 aliphatic carbocycles. The Balaban J connectivity index is 1.92. The van der Waals surface area contributed by atoms with Crippen molar-refractivity contribution in [2.45, 2.75) is 89.4 Å². The molecule has 1 fully saturated rings. The fourth-order valence-electron chi connectivity index (χ4n) is 5.53. The highest BCUT2D eigenvalue weighted by atomic mass is 16.4. The van der Waals surface area contributed by atoms with Crippen LogP contribution in [0.5, 0.6) is 0 Å². The van der Waals surface area contributed by atoms with Gasteiger partial charge in [0.15, 0.2) is 0 Å². The van der Waals surface area contributed by atoms with Crippen LogP contribution < -0.4 is 0 Å². The third kappa shape index (κ3) is 4.54. The van der Waals surface area contributed by atoms with Gasteiger partial charge in [0.25, 0.3) is 0 Å². The summed E-state index contributed by atoms with van der Waals surface area (Å²) in [5.74, 6) is 0.719. The first-order valence-corrected chi connectivity index (χ1v) is 10.9. The van der Waals surface area contributed by atoms with Crippen LogP contribution in [0.25, 0.3) is 0 Å². The van der Waals surface area contributed by atoms with E-state index in [0.717, 1.165) is 12.0 Å². The molecular weight excluding hydrogens is 334 g/mol. The molecule has 0 spiro atoms. The first kappa shape index (κ1) is 19.9. The summed E-state index contributed by atoms with van der Waals surface area (Å²) in [6, 6.07) is 8.07. The van der Waals surface area contributed by atoms with Gasteiger partial charge in [-0.1, -0.05) is 57.9 Å². The van der Waals surface area contributed by atoms with Gasteiger partial charge in [-0.15, -0.1) is 0 Å². The molecule has 2 aliphatic rings. The van der Waals surface area contributed by atoms with E-state index in [-0.39, 0.29) is 5.92 Å². The zero-order chi connectivity index (χ0) is 19.2. The van der Waals surface area contributed by atoms with Crippen molar-refractivity contribution >= 4 is 5.97 Å². The van der Waals surface area contributed by atoms with Crippen LogP contribution in [0, 0.1) is 23.2 Å². The van der Waals surface area contributed by atoms with Gasteiger partial charge in [-0.2, -0.15) is 5.26 Å². The van der Waals surface area contributed by atoms with Gasteiger partial charge in [0.05, 0.1) is 17.6 Å². The normalized spacial score (nSPS) is 25.6. The van der Waals surface area contributed by atoms with Crippen molar-refractivity contribution in [2.75, 3.05) is 0 Å². The lowest BCUT2D eigenvalue weighted by atomic mass is 9.62. The maximum Gasteiger partial charge on any atom is 0.335 e. The Labute approximate surface area is 163 Å². The van der Waals surface area contributed by atoms with E-state index < -0.39 is 5.97 Å². The summed E-state index contributed by atoms with van der Waals surface area (Å²) in [5, 5.41) is 19.2. The van der Waals surface area contributed by atoms with Crippen molar-refractivity contribution in [3.63, 3.8) is 0 Å². The summed E-state index contributed by atoms with van der Waals surface area (Å²) in [6.45, 7) is 2.24. The second kappa shape index (κ2) is 9.40. The van der Waals surface area contributed by atoms with Crippen LogP contribution in [0.1, 0.15) is 111 Å². The lowest BCUT2D eigenvalue weighted by Crippen LogP contribution is -2.30. The van der Waals surface area contributed by atoms with Gasteiger partial charge in [0, 0.05) is 0 Å². The number of aromatic carboxylic acids is 1. The number of nitriles is 1. The van der Waals surface area contributed by atoms with Crippen LogP contribution in [0.4, 0.5) is 0 Å². The van der Waals surface area contributed by atoms with Crippen molar-refractivity contribution in [1.29, 1.82) is 5.26 Å². The van der Waals surface area contributed by atoms with Gasteiger partial charge in [-0.25, -0.2) is 4.79 Å². The number of benzene rings is 1. The predicted octanol–water partition coefficient (Wildman–Crippen LogP) is 6.65. The van der Waals surface area contributed by atoms with Crippen LogP contribution >= 0.6 is 0 Å². The smallest absolute Gasteiger partial charge is 0.335 e. The lowest BCUT2D eigenvalue weighted by Gasteiger charge is -2.42. The molecule has 27 heavy (non-hydrogen) atoms. The van der Waals surface area contributed by atoms with Crippen molar-refractivity contribution in [1.82, 2.24) is 0 Å². The molecule has 0 heterocycles. The van der Waals surface area contributed by atoms with E-state index in [9.17, 15) is 15.2 Å². The maximum atomic E-state index is 11.4. The molecular formula is C24H33NO2. The van der Waals surface area contributed by atoms with Crippen LogP contribution in [0.15, 0.2) is 18.2 Å². The second-order valence-corrected chi connectivity index (χ2v) is 8.60. The minimum atomic E-state index is -0.898. The molecule has 3 nitrogen and oxygen atoms in total. The van der Waals surface area contributed by atoms with E-state index >= 15 is 0 Å². The Morgan fingerprint density at radius 2 is 1.93 bits per heavy atom. The minimum absolute atomic E-state index is 0.157. The Bertz CT molecular complexity index is 684.